The average Bonchev–Trinajstić information content (AvgIpc) is 3.06. The zero-order valence-electron chi connectivity index (χ0n) is 13.6. The Labute approximate surface area is 146 Å². The molecule has 0 amide bonds. The molecule has 2 aromatic heterocycles. The van der Waals surface area contributed by atoms with Crippen LogP contribution >= 0.6 is 0 Å². The van der Waals surface area contributed by atoms with Crippen LogP contribution in [0.1, 0.15) is 0 Å². The number of aromatic nitrogens is 2. The standard InChI is InChI=1S/C20H16N2O2S/c1-25(23,24)20-10-3-2-7-18(20)16-8-4-9-19-17(16)11-13-22(19)15-6-5-12-21-14-15/h2-14H,1H3. The predicted molar refractivity (Wildman–Crippen MR) is 99.6 cm³/mol. The fourth-order valence-electron chi connectivity index (χ4n) is 3.14. The maximum atomic E-state index is 12.2. The average molecular weight is 348 g/mol. The lowest BCUT2D eigenvalue weighted by atomic mass is 10.0. The normalized spacial score (nSPS) is 11.7. The van der Waals surface area contributed by atoms with Gasteiger partial charge in [-0.15, -0.1) is 0 Å². The van der Waals surface area contributed by atoms with Crippen LogP contribution in [0.2, 0.25) is 0 Å². The van der Waals surface area contributed by atoms with Crippen LogP contribution in [-0.4, -0.2) is 24.2 Å². The molecule has 124 valence electrons. The van der Waals surface area contributed by atoms with E-state index in [9.17, 15) is 8.42 Å². The lowest BCUT2D eigenvalue weighted by Crippen LogP contribution is -2.00. The fourth-order valence-corrected chi connectivity index (χ4v) is 4.04. The van der Waals surface area contributed by atoms with Gasteiger partial charge in [-0.05, 0) is 35.9 Å². The molecule has 0 saturated heterocycles. The summed E-state index contributed by atoms with van der Waals surface area (Å²) in [7, 11) is -3.31. The van der Waals surface area contributed by atoms with Gasteiger partial charge in [-0.25, -0.2) is 8.42 Å². The molecule has 0 saturated carbocycles. The molecule has 2 heterocycles. The number of rotatable bonds is 3. The highest BCUT2D eigenvalue weighted by Crippen LogP contribution is 2.34. The Kier molecular flexibility index (Phi) is 3.66. The van der Waals surface area contributed by atoms with Crippen molar-refractivity contribution in [2.75, 3.05) is 6.26 Å². The molecule has 0 spiro atoms. The number of hydrogen-bond acceptors (Lipinski definition) is 3. The summed E-state index contributed by atoms with van der Waals surface area (Å²) in [6.07, 6.45) is 6.76. The molecular formula is C20H16N2O2S. The number of fused-ring (bicyclic) bond motifs is 1. The van der Waals surface area contributed by atoms with Gasteiger partial charge in [0.05, 0.1) is 22.3 Å². The summed E-state index contributed by atoms with van der Waals surface area (Å²) in [6, 6.07) is 18.9. The van der Waals surface area contributed by atoms with E-state index < -0.39 is 9.84 Å². The Balaban J connectivity index is 1.99. The molecular weight excluding hydrogens is 332 g/mol. The van der Waals surface area contributed by atoms with Crippen molar-refractivity contribution in [3.05, 3.63) is 79.3 Å². The zero-order valence-corrected chi connectivity index (χ0v) is 14.4. The monoisotopic (exact) mass is 348 g/mol. The largest absolute Gasteiger partial charge is 0.315 e. The number of sulfone groups is 1. The molecule has 0 unspecified atom stereocenters. The summed E-state index contributed by atoms with van der Waals surface area (Å²) in [4.78, 5) is 4.52. The first-order valence-electron chi connectivity index (χ1n) is 7.85. The van der Waals surface area contributed by atoms with E-state index in [2.05, 4.69) is 9.55 Å². The third-order valence-electron chi connectivity index (χ3n) is 4.23. The van der Waals surface area contributed by atoms with Crippen LogP contribution in [0.25, 0.3) is 27.7 Å². The van der Waals surface area contributed by atoms with Gasteiger partial charge in [0.2, 0.25) is 0 Å². The summed E-state index contributed by atoms with van der Waals surface area (Å²) in [6.45, 7) is 0. The Morgan fingerprint density at radius 2 is 1.68 bits per heavy atom. The second kappa shape index (κ2) is 5.86. The fraction of sp³-hybridized carbons (Fsp3) is 0.0500. The van der Waals surface area contributed by atoms with Gasteiger partial charge in [0, 0.05) is 29.6 Å². The van der Waals surface area contributed by atoms with Crippen molar-refractivity contribution in [3.8, 4) is 16.8 Å². The minimum absolute atomic E-state index is 0.344. The second-order valence-corrected chi connectivity index (χ2v) is 7.89. The van der Waals surface area contributed by atoms with Crippen LogP contribution in [0, 0.1) is 0 Å². The maximum absolute atomic E-state index is 12.2. The third-order valence-corrected chi connectivity index (χ3v) is 5.39. The maximum Gasteiger partial charge on any atom is 0.176 e. The predicted octanol–water partition coefficient (Wildman–Crippen LogP) is 4.10. The summed E-state index contributed by atoms with van der Waals surface area (Å²) in [5.41, 5.74) is 3.60. The van der Waals surface area contributed by atoms with Gasteiger partial charge in [-0.2, -0.15) is 0 Å². The van der Waals surface area contributed by atoms with Crippen LogP contribution < -0.4 is 0 Å². The highest BCUT2D eigenvalue weighted by molar-refractivity contribution is 7.90. The Morgan fingerprint density at radius 3 is 2.44 bits per heavy atom. The molecule has 0 aliphatic carbocycles. The quantitative estimate of drug-likeness (QED) is 0.560. The first-order valence-corrected chi connectivity index (χ1v) is 9.75. The molecule has 0 N–H and O–H groups in total. The summed E-state index contributed by atoms with van der Waals surface area (Å²) < 4.78 is 26.4. The van der Waals surface area contributed by atoms with Gasteiger partial charge in [0.25, 0.3) is 0 Å². The van der Waals surface area contributed by atoms with Crippen molar-refractivity contribution >= 4 is 20.7 Å². The van der Waals surface area contributed by atoms with Crippen LogP contribution in [0.5, 0.6) is 0 Å². The SMILES string of the molecule is CS(=O)(=O)c1ccccc1-c1cccc2c1ccn2-c1cccnc1. The Morgan fingerprint density at radius 1 is 0.880 bits per heavy atom. The van der Waals surface area contributed by atoms with Gasteiger partial charge in [0.1, 0.15) is 0 Å². The first-order chi connectivity index (χ1) is 12.1. The van der Waals surface area contributed by atoms with Crippen LogP contribution in [0.15, 0.2) is 84.1 Å². The van der Waals surface area contributed by atoms with Gasteiger partial charge in [0.15, 0.2) is 9.84 Å². The van der Waals surface area contributed by atoms with Gasteiger partial charge < -0.3 is 4.57 Å². The molecule has 4 aromatic rings. The molecule has 4 nitrogen and oxygen atoms in total. The lowest BCUT2D eigenvalue weighted by molar-refractivity contribution is 0.602. The molecule has 0 bridgehead atoms. The first kappa shape index (κ1) is 15.6. The van der Waals surface area contributed by atoms with Gasteiger partial charge in [-0.3, -0.25) is 4.98 Å². The van der Waals surface area contributed by atoms with Gasteiger partial charge in [-0.1, -0.05) is 30.3 Å². The van der Waals surface area contributed by atoms with E-state index in [1.165, 1.54) is 6.26 Å². The molecule has 0 fully saturated rings. The lowest BCUT2D eigenvalue weighted by Gasteiger charge is -2.10. The minimum Gasteiger partial charge on any atom is -0.315 e. The van der Waals surface area contributed by atoms with E-state index in [1.54, 1.807) is 24.5 Å². The van der Waals surface area contributed by atoms with Crippen molar-refractivity contribution in [1.82, 2.24) is 9.55 Å². The minimum atomic E-state index is -3.31. The summed E-state index contributed by atoms with van der Waals surface area (Å²) in [5, 5.41) is 1.00. The summed E-state index contributed by atoms with van der Waals surface area (Å²) in [5.74, 6) is 0. The molecule has 25 heavy (non-hydrogen) atoms. The van der Waals surface area contributed by atoms with Crippen molar-refractivity contribution in [3.63, 3.8) is 0 Å². The van der Waals surface area contributed by atoms with E-state index in [4.69, 9.17) is 0 Å². The van der Waals surface area contributed by atoms with E-state index >= 15 is 0 Å². The summed E-state index contributed by atoms with van der Waals surface area (Å²) >= 11 is 0. The van der Waals surface area contributed by atoms with Crippen molar-refractivity contribution in [2.24, 2.45) is 0 Å². The molecule has 2 aromatic carbocycles. The van der Waals surface area contributed by atoms with E-state index in [0.717, 1.165) is 27.7 Å². The highest BCUT2D eigenvalue weighted by Gasteiger charge is 2.16. The van der Waals surface area contributed by atoms with Crippen LogP contribution in [0.3, 0.4) is 0 Å². The topological polar surface area (TPSA) is 52.0 Å². The Bertz CT molecular complexity index is 1160. The molecule has 5 heteroatoms. The second-order valence-electron chi connectivity index (χ2n) is 5.90. The van der Waals surface area contributed by atoms with E-state index in [0.29, 0.717) is 4.90 Å². The van der Waals surface area contributed by atoms with Crippen LogP contribution in [0.4, 0.5) is 0 Å². The third kappa shape index (κ3) is 2.72. The molecule has 0 aliphatic heterocycles. The van der Waals surface area contributed by atoms with Crippen molar-refractivity contribution in [1.29, 1.82) is 0 Å². The zero-order chi connectivity index (χ0) is 17.4. The van der Waals surface area contributed by atoms with Crippen molar-refractivity contribution < 1.29 is 8.42 Å². The number of nitrogens with zero attached hydrogens (tertiary/aromatic N) is 2. The molecule has 4 rings (SSSR count). The van der Waals surface area contributed by atoms with Gasteiger partial charge >= 0.3 is 0 Å². The molecule has 0 atom stereocenters. The van der Waals surface area contributed by atoms with E-state index in [-0.39, 0.29) is 0 Å². The highest BCUT2D eigenvalue weighted by atomic mass is 32.2. The van der Waals surface area contributed by atoms with Crippen LogP contribution in [-0.2, 0) is 9.84 Å². The number of pyridine rings is 1. The number of benzene rings is 2. The Hall–Kier alpha value is -2.92. The molecule has 0 radical (unpaired) electrons. The van der Waals surface area contributed by atoms with Crippen molar-refractivity contribution in [2.45, 2.75) is 4.90 Å². The number of hydrogen-bond donors (Lipinski definition) is 0. The smallest absolute Gasteiger partial charge is 0.176 e. The van der Waals surface area contributed by atoms with E-state index in [1.807, 2.05) is 54.7 Å². The molecule has 0 aliphatic rings.